The van der Waals surface area contributed by atoms with Crippen molar-refractivity contribution in [2.45, 2.75) is 36.7 Å². The van der Waals surface area contributed by atoms with Crippen molar-refractivity contribution >= 4 is 23.2 Å². The van der Waals surface area contributed by atoms with E-state index in [1.54, 1.807) is 12.3 Å². The van der Waals surface area contributed by atoms with Crippen molar-refractivity contribution < 1.29 is 14.3 Å². The Bertz CT molecular complexity index is 667. The van der Waals surface area contributed by atoms with E-state index in [2.05, 4.69) is 26.1 Å². The Labute approximate surface area is 167 Å². The lowest BCUT2D eigenvalue weighted by molar-refractivity contribution is -0.121. The van der Waals surface area contributed by atoms with Gasteiger partial charge < -0.3 is 20.5 Å². The first-order valence-corrected chi connectivity index (χ1v) is 9.70. The summed E-state index contributed by atoms with van der Waals surface area (Å²) in [6, 6.07) is 1.67. The fraction of sp³-hybridized carbons (Fsp3) is 0.647. The Balaban J connectivity index is 1.71. The predicted molar refractivity (Wildman–Crippen MR) is 104 cm³/mol. The lowest BCUT2D eigenvalue weighted by atomic mass is 9.99. The molecule has 3 rings (SSSR count). The first-order valence-electron chi connectivity index (χ1n) is 9.26. The molecule has 0 spiro atoms. The molecule has 10 nitrogen and oxygen atoms in total. The quantitative estimate of drug-likeness (QED) is 0.372. The number of alkyl halides is 1. The van der Waals surface area contributed by atoms with Gasteiger partial charge in [0.2, 0.25) is 5.91 Å². The topological polar surface area (TPSA) is 140 Å². The molecule has 11 heteroatoms. The third-order valence-electron chi connectivity index (χ3n) is 4.72. The van der Waals surface area contributed by atoms with Gasteiger partial charge >= 0.3 is 0 Å². The second kappa shape index (κ2) is 10.1. The highest BCUT2D eigenvalue weighted by Crippen LogP contribution is 2.27. The molecule has 3 unspecified atom stereocenters. The number of amides is 1. The summed E-state index contributed by atoms with van der Waals surface area (Å²) in [7, 11) is 0. The molecule has 0 aliphatic carbocycles. The molecule has 2 aliphatic rings. The number of ether oxygens (including phenoxy) is 2. The third-order valence-corrected chi connectivity index (χ3v) is 5.03. The monoisotopic (exact) mass is 412 g/mol. The van der Waals surface area contributed by atoms with E-state index in [-0.39, 0.29) is 11.5 Å². The first kappa shape index (κ1) is 20.9. The lowest BCUT2D eigenvalue weighted by Crippen LogP contribution is -2.62. The highest BCUT2D eigenvalue weighted by molar-refractivity contribution is 6.21. The van der Waals surface area contributed by atoms with E-state index in [9.17, 15) is 9.70 Å². The van der Waals surface area contributed by atoms with Crippen LogP contribution in [0.4, 0.5) is 5.69 Å². The van der Waals surface area contributed by atoms with Gasteiger partial charge in [0, 0.05) is 32.0 Å². The van der Waals surface area contributed by atoms with Crippen molar-refractivity contribution in [3.63, 3.8) is 0 Å². The number of pyridine rings is 1. The zero-order valence-electron chi connectivity index (χ0n) is 15.3. The standard InChI is InChI=1S/C17H25ClN6O4/c18-10-6-21-16(22-7-10)14(15(19)24-26)17(25)23-12-8-20-4-3-13(12)28-11-2-1-5-27-9-11/h3-4,8,10-11,14-16,21-22H,1-2,5-7,9,19H2,(H,23,25). The van der Waals surface area contributed by atoms with E-state index < -0.39 is 24.2 Å². The van der Waals surface area contributed by atoms with Crippen molar-refractivity contribution in [1.29, 1.82) is 0 Å². The van der Waals surface area contributed by atoms with E-state index in [4.69, 9.17) is 26.8 Å². The molecule has 2 aliphatic heterocycles. The van der Waals surface area contributed by atoms with Crippen molar-refractivity contribution in [2.75, 3.05) is 31.6 Å². The highest BCUT2D eigenvalue weighted by atomic mass is 35.5. The summed E-state index contributed by atoms with van der Waals surface area (Å²) in [4.78, 5) is 28.0. The van der Waals surface area contributed by atoms with Crippen LogP contribution >= 0.6 is 11.6 Å². The molecule has 0 aromatic carbocycles. The smallest absolute Gasteiger partial charge is 0.234 e. The number of nitrogens with one attached hydrogen (secondary N) is 3. The summed E-state index contributed by atoms with van der Waals surface area (Å²) in [6.45, 7) is 2.19. The number of hydrogen-bond acceptors (Lipinski definition) is 9. The maximum absolute atomic E-state index is 12.9. The molecule has 5 N–H and O–H groups in total. The molecule has 3 heterocycles. The molecule has 1 aromatic heterocycles. The Morgan fingerprint density at radius 3 is 2.93 bits per heavy atom. The minimum Gasteiger partial charge on any atom is -0.486 e. The number of anilines is 1. The van der Waals surface area contributed by atoms with Gasteiger partial charge in [0.05, 0.1) is 24.3 Å². The Hall–Kier alpha value is -1.85. The summed E-state index contributed by atoms with van der Waals surface area (Å²) in [5.41, 5.74) is 6.20. The Kier molecular flexibility index (Phi) is 7.51. The van der Waals surface area contributed by atoms with E-state index in [1.807, 2.05) is 0 Å². The Morgan fingerprint density at radius 1 is 1.46 bits per heavy atom. The number of carbonyl (C=O) groups is 1. The van der Waals surface area contributed by atoms with Gasteiger partial charge in [-0.25, -0.2) is 0 Å². The van der Waals surface area contributed by atoms with Gasteiger partial charge in [0.15, 0.2) is 6.17 Å². The van der Waals surface area contributed by atoms with Crippen LogP contribution in [-0.2, 0) is 9.53 Å². The molecule has 154 valence electrons. The van der Waals surface area contributed by atoms with Gasteiger partial charge in [0.1, 0.15) is 23.5 Å². The zero-order valence-corrected chi connectivity index (χ0v) is 16.1. The SMILES string of the molecule is NC(N=O)C(C(=O)Nc1cnccc1OC1CCCOC1)C1NCC(Cl)CN1. The number of carbonyl (C=O) groups excluding carboxylic acids is 1. The second-order valence-electron chi connectivity index (χ2n) is 6.83. The van der Waals surface area contributed by atoms with Crippen LogP contribution in [0.25, 0.3) is 0 Å². The molecule has 3 atom stereocenters. The van der Waals surface area contributed by atoms with Crippen LogP contribution < -0.4 is 26.4 Å². The van der Waals surface area contributed by atoms with Crippen molar-refractivity contribution in [3.8, 4) is 5.75 Å². The average Bonchev–Trinajstić information content (AvgIpc) is 2.71. The maximum Gasteiger partial charge on any atom is 0.234 e. The second-order valence-corrected chi connectivity index (χ2v) is 7.45. The number of halogens is 1. The highest BCUT2D eigenvalue weighted by Gasteiger charge is 2.37. The summed E-state index contributed by atoms with van der Waals surface area (Å²) in [6.07, 6.45) is 3.00. The van der Waals surface area contributed by atoms with Crippen LogP contribution in [0.15, 0.2) is 23.6 Å². The average molecular weight is 413 g/mol. The van der Waals surface area contributed by atoms with Crippen molar-refractivity contribution in [1.82, 2.24) is 15.6 Å². The fourth-order valence-corrected chi connectivity index (χ4v) is 3.43. The largest absolute Gasteiger partial charge is 0.486 e. The summed E-state index contributed by atoms with van der Waals surface area (Å²) < 4.78 is 11.4. The molecule has 2 fully saturated rings. The van der Waals surface area contributed by atoms with Gasteiger partial charge in [-0.2, -0.15) is 0 Å². The van der Waals surface area contributed by atoms with Crippen LogP contribution in [0, 0.1) is 10.8 Å². The minimum absolute atomic E-state index is 0.0937. The number of nitrogens with two attached hydrogens (primary N) is 1. The normalized spacial score (nSPS) is 27.4. The molecule has 1 amide bonds. The van der Waals surface area contributed by atoms with Crippen LogP contribution in [0.5, 0.6) is 5.75 Å². The van der Waals surface area contributed by atoms with Gasteiger partial charge in [0.25, 0.3) is 0 Å². The van der Waals surface area contributed by atoms with Crippen LogP contribution in [0.3, 0.4) is 0 Å². The first-order chi connectivity index (χ1) is 13.6. The van der Waals surface area contributed by atoms with Crippen molar-refractivity contribution in [3.05, 3.63) is 23.4 Å². The number of nitrogens with zero attached hydrogens (tertiary/aromatic N) is 2. The van der Waals surface area contributed by atoms with Gasteiger partial charge in [-0.05, 0) is 12.8 Å². The number of aromatic nitrogens is 1. The molecule has 0 radical (unpaired) electrons. The molecule has 1 aromatic rings. The summed E-state index contributed by atoms with van der Waals surface area (Å²) >= 11 is 6.05. The summed E-state index contributed by atoms with van der Waals surface area (Å²) in [5.74, 6) is -0.925. The number of hydrogen-bond donors (Lipinski definition) is 4. The molecule has 0 saturated carbocycles. The molecule has 0 bridgehead atoms. The molecular weight excluding hydrogens is 388 g/mol. The zero-order chi connectivity index (χ0) is 19.9. The Morgan fingerprint density at radius 2 is 2.25 bits per heavy atom. The van der Waals surface area contributed by atoms with E-state index >= 15 is 0 Å². The summed E-state index contributed by atoms with van der Waals surface area (Å²) in [5, 5.41) is 11.7. The minimum atomic E-state index is -1.23. The van der Waals surface area contributed by atoms with Gasteiger partial charge in [-0.15, -0.1) is 16.5 Å². The van der Waals surface area contributed by atoms with Crippen molar-refractivity contribution in [2.24, 2.45) is 16.8 Å². The number of nitroso groups, excluding NO2 is 1. The molecular formula is C17H25ClN6O4. The van der Waals surface area contributed by atoms with Crippen LogP contribution in [0.2, 0.25) is 0 Å². The fourth-order valence-electron chi connectivity index (χ4n) is 3.26. The van der Waals surface area contributed by atoms with Crippen LogP contribution in [0.1, 0.15) is 12.8 Å². The predicted octanol–water partition coefficient (Wildman–Crippen LogP) is 0.372. The maximum atomic E-state index is 12.9. The molecule has 2 saturated heterocycles. The third kappa shape index (κ3) is 5.36. The van der Waals surface area contributed by atoms with E-state index in [0.717, 1.165) is 19.4 Å². The molecule has 28 heavy (non-hydrogen) atoms. The number of rotatable bonds is 7. The van der Waals surface area contributed by atoms with Crippen LogP contribution in [-0.4, -0.2) is 61.0 Å². The van der Waals surface area contributed by atoms with E-state index in [1.165, 1.54) is 6.20 Å². The van der Waals surface area contributed by atoms with Gasteiger partial charge in [-0.1, -0.05) is 5.18 Å². The van der Waals surface area contributed by atoms with E-state index in [0.29, 0.717) is 31.1 Å². The lowest BCUT2D eigenvalue weighted by Gasteiger charge is -2.34. The van der Waals surface area contributed by atoms with Gasteiger partial charge in [-0.3, -0.25) is 20.4 Å².